The predicted octanol–water partition coefficient (Wildman–Crippen LogP) is 1.52. The number of halogens is 1. The van der Waals surface area contributed by atoms with Crippen LogP contribution in [0.2, 0.25) is 5.02 Å². The number of amides is 4. The van der Waals surface area contributed by atoms with E-state index in [1.807, 2.05) is 12.3 Å². The first kappa shape index (κ1) is 14.3. The first-order valence-electron chi connectivity index (χ1n) is 6.59. The van der Waals surface area contributed by atoms with Crippen molar-refractivity contribution in [3.05, 3.63) is 20.8 Å². The lowest BCUT2D eigenvalue weighted by atomic mass is 9.87. The molecule has 2 saturated heterocycles. The number of nitrogens with one attached hydrogen (secondary N) is 2. The van der Waals surface area contributed by atoms with E-state index in [-0.39, 0.29) is 11.8 Å². The molecule has 2 N–H and O–H groups in total. The molecule has 0 aliphatic carbocycles. The highest BCUT2D eigenvalue weighted by atomic mass is 35.5. The van der Waals surface area contributed by atoms with Gasteiger partial charge in [-0.1, -0.05) is 11.6 Å². The van der Waals surface area contributed by atoms with Crippen molar-refractivity contribution in [2.75, 3.05) is 13.1 Å². The zero-order chi connectivity index (χ0) is 15.2. The number of carbonyl (C=O) groups is 3. The summed E-state index contributed by atoms with van der Waals surface area (Å²) in [5, 5.41) is 7.28. The molecule has 1 aromatic rings. The fraction of sp³-hybridized carbons (Fsp3) is 0.462. The molecule has 2 aliphatic heterocycles. The molecular formula is C13H14ClN3O3S. The molecule has 112 valence electrons. The Labute approximate surface area is 130 Å². The Morgan fingerprint density at radius 3 is 2.52 bits per heavy atom. The number of rotatable bonds is 1. The fourth-order valence-electron chi connectivity index (χ4n) is 2.69. The number of urea groups is 1. The van der Waals surface area contributed by atoms with Crippen molar-refractivity contribution in [2.45, 2.75) is 25.3 Å². The van der Waals surface area contributed by atoms with Crippen LogP contribution in [0.4, 0.5) is 4.79 Å². The van der Waals surface area contributed by atoms with Crippen LogP contribution in [-0.2, 0) is 4.79 Å². The topological polar surface area (TPSA) is 78.5 Å². The molecule has 4 amide bonds. The second kappa shape index (κ2) is 4.99. The second-order valence-electron chi connectivity index (χ2n) is 5.34. The third-order valence-electron chi connectivity index (χ3n) is 4.01. The largest absolute Gasteiger partial charge is 0.338 e. The maximum Gasteiger partial charge on any atom is 0.322 e. The number of piperidine rings is 1. The quantitative estimate of drug-likeness (QED) is 0.768. The zero-order valence-electron chi connectivity index (χ0n) is 11.4. The summed E-state index contributed by atoms with van der Waals surface area (Å²) in [4.78, 5) is 37.8. The Morgan fingerprint density at radius 2 is 2.05 bits per heavy atom. The van der Waals surface area contributed by atoms with E-state index in [2.05, 4.69) is 10.6 Å². The summed E-state index contributed by atoms with van der Waals surface area (Å²) in [7, 11) is 0. The van der Waals surface area contributed by atoms with Gasteiger partial charge in [0.05, 0.1) is 5.02 Å². The molecule has 0 bridgehead atoms. The zero-order valence-corrected chi connectivity index (χ0v) is 12.9. The van der Waals surface area contributed by atoms with Crippen molar-refractivity contribution in [3.8, 4) is 0 Å². The summed E-state index contributed by atoms with van der Waals surface area (Å²) in [6.07, 6.45) is 0.830. The van der Waals surface area contributed by atoms with Gasteiger partial charge in [0, 0.05) is 13.1 Å². The molecule has 2 fully saturated rings. The average Bonchev–Trinajstić information content (AvgIpc) is 2.91. The van der Waals surface area contributed by atoms with Gasteiger partial charge >= 0.3 is 6.03 Å². The Kier molecular flexibility index (Phi) is 3.41. The second-order valence-corrected chi connectivity index (χ2v) is 6.60. The Morgan fingerprint density at radius 1 is 1.38 bits per heavy atom. The molecule has 0 aromatic carbocycles. The van der Waals surface area contributed by atoms with Gasteiger partial charge in [-0.3, -0.25) is 14.9 Å². The van der Waals surface area contributed by atoms with Gasteiger partial charge in [-0.05, 0) is 30.7 Å². The highest BCUT2D eigenvalue weighted by Gasteiger charge is 2.48. The number of carbonyl (C=O) groups excluding carboxylic acids is 3. The summed E-state index contributed by atoms with van der Waals surface area (Å²) < 4.78 is 0. The van der Waals surface area contributed by atoms with Crippen LogP contribution in [0.5, 0.6) is 0 Å². The molecular weight excluding hydrogens is 314 g/mol. The van der Waals surface area contributed by atoms with Gasteiger partial charge in [-0.25, -0.2) is 4.79 Å². The van der Waals surface area contributed by atoms with Crippen molar-refractivity contribution in [3.63, 3.8) is 0 Å². The van der Waals surface area contributed by atoms with Crippen LogP contribution in [-0.4, -0.2) is 41.4 Å². The van der Waals surface area contributed by atoms with Crippen LogP contribution in [0.15, 0.2) is 5.38 Å². The van der Waals surface area contributed by atoms with Gasteiger partial charge in [0.15, 0.2) is 0 Å². The summed E-state index contributed by atoms with van der Waals surface area (Å²) in [5.74, 6) is -0.415. The maximum absolute atomic E-state index is 12.4. The summed E-state index contributed by atoms with van der Waals surface area (Å²) in [6, 6.07) is -0.461. The number of likely N-dealkylation sites (tertiary alicyclic amines) is 1. The highest BCUT2D eigenvalue weighted by Crippen LogP contribution is 2.31. The standard InChI is InChI=1S/C13H14ClN3O3S/c1-7-6-21-9(8(7)14)10(18)17-4-2-13(3-5-17)11(19)15-12(20)16-13/h6H,2-5H2,1H3,(H2,15,16,19,20). The van der Waals surface area contributed by atoms with Crippen LogP contribution >= 0.6 is 22.9 Å². The van der Waals surface area contributed by atoms with Gasteiger partial charge in [0.25, 0.3) is 11.8 Å². The highest BCUT2D eigenvalue weighted by molar-refractivity contribution is 7.13. The van der Waals surface area contributed by atoms with Crippen LogP contribution in [0.25, 0.3) is 0 Å². The lowest BCUT2D eigenvalue weighted by Gasteiger charge is -2.36. The van der Waals surface area contributed by atoms with E-state index in [9.17, 15) is 14.4 Å². The molecule has 0 radical (unpaired) electrons. The number of hydrogen-bond acceptors (Lipinski definition) is 4. The SMILES string of the molecule is Cc1csc(C(=O)N2CCC3(CC2)NC(=O)NC3=O)c1Cl. The third kappa shape index (κ3) is 2.30. The predicted molar refractivity (Wildman–Crippen MR) is 78.6 cm³/mol. The van der Waals surface area contributed by atoms with E-state index < -0.39 is 11.6 Å². The van der Waals surface area contributed by atoms with Crippen molar-refractivity contribution >= 4 is 40.8 Å². The molecule has 1 aromatic heterocycles. The summed E-state index contributed by atoms with van der Waals surface area (Å²) in [5.41, 5.74) is 0.0316. The van der Waals surface area contributed by atoms with Crippen molar-refractivity contribution < 1.29 is 14.4 Å². The monoisotopic (exact) mass is 327 g/mol. The molecule has 2 aliphatic rings. The van der Waals surface area contributed by atoms with E-state index in [1.54, 1.807) is 4.90 Å². The lowest BCUT2D eigenvalue weighted by Crippen LogP contribution is -2.55. The van der Waals surface area contributed by atoms with Crippen LogP contribution in [0.3, 0.4) is 0 Å². The molecule has 21 heavy (non-hydrogen) atoms. The lowest BCUT2D eigenvalue weighted by molar-refractivity contribution is -0.125. The van der Waals surface area contributed by atoms with Gasteiger partial charge in [0.1, 0.15) is 10.4 Å². The Balaban J connectivity index is 1.71. The van der Waals surface area contributed by atoms with Crippen molar-refractivity contribution in [1.82, 2.24) is 15.5 Å². The molecule has 0 atom stereocenters. The first-order chi connectivity index (χ1) is 9.93. The number of aryl methyl sites for hydroxylation is 1. The molecule has 0 unspecified atom stereocenters. The normalized spacial score (nSPS) is 20.6. The Bertz CT molecular complexity index is 635. The van der Waals surface area contributed by atoms with E-state index in [1.165, 1.54) is 11.3 Å². The molecule has 3 rings (SSSR count). The van der Waals surface area contributed by atoms with E-state index in [0.29, 0.717) is 35.8 Å². The first-order valence-corrected chi connectivity index (χ1v) is 7.85. The smallest absolute Gasteiger partial charge is 0.322 e. The van der Waals surface area contributed by atoms with Crippen LogP contribution in [0, 0.1) is 6.92 Å². The van der Waals surface area contributed by atoms with Gasteiger partial charge in [-0.15, -0.1) is 11.3 Å². The fourth-order valence-corrected chi connectivity index (χ4v) is 3.93. The van der Waals surface area contributed by atoms with Gasteiger partial charge < -0.3 is 10.2 Å². The van der Waals surface area contributed by atoms with Crippen molar-refractivity contribution in [1.29, 1.82) is 0 Å². The van der Waals surface area contributed by atoms with E-state index >= 15 is 0 Å². The molecule has 6 nitrogen and oxygen atoms in total. The molecule has 0 saturated carbocycles. The number of thiophene rings is 1. The van der Waals surface area contributed by atoms with Crippen molar-refractivity contribution in [2.24, 2.45) is 0 Å². The molecule has 3 heterocycles. The number of imide groups is 1. The molecule has 8 heteroatoms. The third-order valence-corrected chi connectivity index (χ3v) is 5.70. The minimum Gasteiger partial charge on any atom is -0.338 e. The van der Waals surface area contributed by atoms with Crippen LogP contribution < -0.4 is 10.6 Å². The van der Waals surface area contributed by atoms with Gasteiger partial charge in [-0.2, -0.15) is 0 Å². The number of nitrogens with zero attached hydrogens (tertiary/aromatic N) is 1. The van der Waals surface area contributed by atoms with E-state index in [4.69, 9.17) is 11.6 Å². The van der Waals surface area contributed by atoms with Gasteiger partial charge in [0.2, 0.25) is 0 Å². The minimum atomic E-state index is -0.858. The van der Waals surface area contributed by atoms with Crippen LogP contribution in [0.1, 0.15) is 28.1 Å². The minimum absolute atomic E-state index is 0.113. The Hall–Kier alpha value is -1.60. The number of hydrogen-bond donors (Lipinski definition) is 2. The summed E-state index contributed by atoms with van der Waals surface area (Å²) >= 11 is 7.46. The average molecular weight is 328 g/mol. The maximum atomic E-state index is 12.4. The van der Waals surface area contributed by atoms with E-state index in [0.717, 1.165) is 5.56 Å². The summed E-state index contributed by atoms with van der Waals surface area (Å²) in [6.45, 7) is 2.69. The molecule has 1 spiro atoms.